The van der Waals surface area contributed by atoms with Crippen LogP contribution in [0.2, 0.25) is 0 Å². The maximum atomic E-state index is 14.9. The second-order valence-electron chi connectivity index (χ2n) is 17.6. The summed E-state index contributed by atoms with van der Waals surface area (Å²) in [5.41, 5.74) is 0. The van der Waals surface area contributed by atoms with Gasteiger partial charge in [-0.3, -0.25) is 4.79 Å². The highest BCUT2D eigenvalue weighted by Crippen LogP contribution is 2.38. The quantitative estimate of drug-likeness (QED) is 0.276. The normalized spacial score (nSPS) is 25.0. The van der Waals surface area contributed by atoms with Crippen molar-refractivity contribution >= 4 is 5.97 Å². The van der Waals surface area contributed by atoms with Crippen LogP contribution < -0.4 is 0 Å². The molecule has 0 bridgehead atoms. The molecule has 0 atom stereocenters. The summed E-state index contributed by atoms with van der Waals surface area (Å²) in [5, 5.41) is 0. The van der Waals surface area contributed by atoms with Crippen LogP contribution in [0.1, 0.15) is 270 Å². The molecule has 0 aromatic carbocycles. The van der Waals surface area contributed by atoms with Gasteiger partial charge in [0, 0.05) is 0 Å². The third kappa shape index (κ3) is 22.2. The van der Waals surface area contributed by atoms with Crippen LogP contribution in [-0.4, -0.2) is 12.1 Å². The minimum absolute atomic E-state index is 0.142. The Labute approximate surface area is 308 Å². The van der Waals surface area contributed by atoms with Gasteiger partial charge < -0.3 is 4.74 Å². The molecule has 288 valence electrons. The second-order valence-corrected chi connectivity index (χ2v) is 17.6. The molecule has 2 nitrogen and oxygen atoms in total. The third-order valence-electron chi connectivity index (χ3n) is 13.2. The first kappa shape index (κ1) is 42.9. The van der Waals surface area contributed by atoms with Crippen LogP contribution in [0.4, 0.5) is 0 Å². The van der Waals surface area contributed by atoms with Crippen molar-refractivity contribution in [2.45, 2.75) is 276 Å². The van der Waals surface area contributed by atoms with E-state index in [1.807, 2.05) is 0 Å². The fourth-order valence-corrected chi connectivity index (χ4v) is 9.96. The fourth-order valence-electron chi connectivity index (χ4n) is 9.96. The zero-order valence-corrected chi connectivity index (χ0v) is 33.3. The molecule has 0 radical (unpaired) electrons. The number of hydrogen-bond donors (Lipinski definition) is 0. The first-order chi connectivity index (χ1) is 24.3. The molecule has 3 saturated carbocycles. The molecule has 0 heterocycles. The highest BCUT2D eigenvalue weighted by Gasteiger charge is 2.36. The van der Waals surface area contributed by atoms with Crippen molar-refractivity contribution in [1.29, 1.82) is 0 Å². The first-order valence-corrected chi connectivity index (χ1v) is 23.5. The Balaban J connectivity index is 1.76. The molecule has 0 unspecified atom stereocenters. The highest BCUT2D eigenvalue weighted by molar-refractivity contribution is 5.73. The van der Waals surface area contributed by atoms with Crippen LogP contribution in [0, 0.1) is 17.8 Å². The molecule has 0 amide bonds. The van der Waals surface area contributed by atoms with Gasteiger partial charge in [0.05, 0.1) is 5.92 Å². The molecular weight excluding hydrogens is 597 g/mol. The van der Waals surface area contributed by atoms with E-state index in [4.69, 9.17) is 4.74 Å². The Bertz CT molecular complexity index is 648. The Morgan fingerprint density at radius 3 is 0.694 bits per heavy atom. The minimum atomic E-state index is 0.142. The van der Waals surface area contributed by atoms with Crippen molar-refractivity contribution in [2.24, 2.45) is 17.8 Å². The lowest BCUT2D eigenvalue weighted by Crippen LogP contribution is -2.35. The number of carbonyl (C=O) groups is 1. The molecule has 0 aromatic rings. The van der Waals surface area contributed by atoms with Gasteiger partial charge >= 0.3 is 5.97 Å². The number of ether oxygens (including phenoxy) is 1. The van der Waals surface area contributed by atoms with Crippen LogP contribution >= 0.6 is 0 Å². The zero-order valence-electron chi connectivity index (χ0n) is 33.3. The van der Waals surface area contributed by atoms with Crippen LogP contribution in [0.15, 0.2) is 0 Å². The van der Waals surface area contributed by atoms with E-state index in [9.17, 15) is 4.79 Å². The molecule has 0 saturated heterocycles. The maximum absolute atomic E-state index is 14.9. The van der Waals surface area contributed by atoms with E-state index in [0.29, 0.717) is 11.8 Å². The average molecular weight is 685 g/mol. The lowest BCUT2D eigenvalue weighted by Gasteiger charge is -2.34. The van der Waals surface area contributed by atoms with Crippen LogP contribution in [-0.2, 0) is 9.53 Å². The molecule has 3 fully saturated rings. The van der Waals surface area contributed by atoms with E-state index in [0.717, 1.165) is 12.8 Å². The number of rotatable bonds is 4. The van der Waals surface area contributed by atoms with Gasteiger partial charge in [0.15, 0.2) is 0 Å². The maximum Gasteiger partial charge on any atom is 0.309 e. The van der Waals surface area contributed by atoms with Gasteiger partial charge in [-0.25, -0.2) is 0 Å². The molecule has 0 spiro atoms. The fraction of sp³-hybridized carbons (Fsp3) is 0.979. The smallest absolute Gasteiger partial charge is 0.309 e. The van der Waals surface area contributed by atoms with Gasteiger partial charge in [0.2, 0.25) is 0 Å². The SMILES string of the molecule is O=C(OC1CCCCCCCCCCCCCC1)C(C1CCCCCCCCCCCCCC1)C1CCCCCCCCCCCCCC1. The molecule has 0 aromatic heterocycles. The van der Waals surface area contributed by atoms with Crippen molar-refractivity contribution in [3.05, 3.63) is 0 Å². The van der Waals surface area contributed by atoms with Crippen molar-refractivity contribution < 1.29 is 9.53 Å². The zero-order chi connectivity index (χ0) is 34.3. The van der Waals surface area contributed by atoms with Crippen molar-refractivity contribution in [1.82, 2.24) is 0 Å². The van der Waals surface area contributed by atoms with E-state index in [1.54, 1.807) is 0 Å². The van der Waals surface area contributed by atoms with Gasteiger partial charge in [-0.05, 0) is 63.2 Å². The van der Waals surface area contributed by atoms with Gasteiger partial charge in [-0.2, -0.15) is 0 Å². The summed E-state index contributed by atoms with van der Waals surface area (Å²) in [4.78, 5) is 14.9. The standard InChI is InChI=1S/C47H88O2/c48-47(49-45-41-35-29-23-17-11-5-6-12-18-24-30-36-42-45)46(43-37-31-25-19-13-7-1-2-8-14-20-26-32-38-43)44-39-33-27-21-15-9-3-4-10-16-22-28-34-40-44/h43-46H,1-42H2. The minimum Gasteiger partial charge on any atom is -0.462 e. The van der Waals surface area contributed by atoms with Gasteiger partial charge in [0.25, 0.3) is 0 Å². The number of esters is 1. The topological polar surface area (TPSA) is 26.3 Å². The second kappa shape index (κ2) is 31.0. The van der Waals surface area contributed by atoms with E-state index in [1.165, 1.54) is 257 Å². The first-order valence-electron chi connectivity index (χ1n) is 23.5. The summed E-state index contributed by atoms with van der Waals surface area (Å²) >= 11 is 0. The molecular formula is C47H88O2. The molecule has 49 heavy (non-hydrogen) atoms. The van der Waals surface area contributed by atoms with E-state index < -0.39 is 0 Å². The predicted octanol–water partition coefficient (Wildman–Crippen LogP) is 16.2. The molecule has 0 N–H and O–H groups in total. The summed E-state index contributed by atoms with van der Waals surface area (Å²) in [6.45, 7) is 0. The van der Waals surface area contributed by atoms with Crippen molar-refractivity contribution in [3.63, 3.8) is 0 Å². The summed E-state index contributed by atoms with van der Waals surface area (Å²) in [5.74, 6) is 1.47. The van der Waals surface area contributed by atoms with Crippen molar-refractivity contribution in [2.75, 3.05) is 0 Å². The number of carbonyl (C=O) groups excluding carboxylic acids is 1. The summed E-state index contributed by atoms with van der Waals surface area (Å²) < 4.78 is 6.86. The van der Waals surface area contributed by atoms with E-state index in [-0.39, 0.29) is 18.0 Å². The lowest BCUT2D eigenvalue weighted by atomic mass is 9.72. The highest BCUT2D eigenvalue weighted by atomic mass is 16.5. The van der Waals surface area contributed by atoms with Gasteiger partial charge in [0.1, 0.15) is 6.10 Å². The molecule has 2 heteroatoms. The lowest BCUT2D eigenvalue weighted by molar-refractivity contribution is -0.160. The summed E-state index contributed by atoms with van der Waals surface area (Å²) in [6, 6.07) is 0. The van der Waals surface area contributed by atoms with Crippen molar-refractivity contribution in [3.8, 4) is 0 Å². The van der Waals surface area contributed by atoms with Crippen LogP contribution in [0.25, 0.3) is 0 Å². The predicted molar refractivity (Wildman–Crippen MR) is 214 cm³/mol. The summed E-state index contributed by atoms with van der Waals surface area (Å²) in [6.07, 6.45) is 57.3. The average Bonchev–Trinajstić information content (AvgIpc) is 3.13. The van der Waals surface area contributed by atoms with Crippen LogP contribution in [0.3, 0.4) is 0 Å². The Morgan fingerprint density at radius 2 is 0.469 bits per heavy atom. The molecule has 3 aliphatic rings. The Hall–Kier alpha value is -0.530. The number of hydrogen-bond acceptors (Lipinski definition) is 2. The Kier molecular flexibility index (Phi) is 27.2. The van der Waals surface area contributed by atoms with E-state index >= 15 is 0 Å². The van der Waals surface area contributed by atoms with Gasteiger partial charge in [-0.15, -0.1) is 0 Å². The monoisotopic (exact) mass is 685 g/mol. The molecule has 3 aliphatic carbocycles. The van der Waals surface area contributed by atoms with Gasteiger partial charge in [-0.1, -0.05) is 218 Å². The van der Waals surface area contributed by atoms with E-state index in [2.05, 4.69) is 0 Å². The Morgan fingerprint density at radius 1 is 0.286 bits per heavy atom. The van der Waals surface area contributed by atoms with Crippen LogP contribution in [0.5, 0.6) is 0 Å². The largest absolute Gasteiger partial charge is 0.462 e. The third-order valence-corrected chi connectivity index (χ3v) is 13.2. The summed E-state index contributed by atoms with van der Waals surface area (Å²) in [7, 11) is 0. The molecule has 3 rings (SSSR count). The molecule has 0 aliphatic heterocycles.